The molecule has 4 amide bonds. The van der Waals surface area contributed by atoms with E-state index < -0.39 is 12.1 Å². The molecule has 42 heavy (non-hydrogen) atoms. The van der Waals surface area contributed by atoms with E-state index in [9.17, 15) is 14.4 Å². The van der Waals surface area contributed by atoms with Crippen molar-refractivity contribution in [1.29, 1.82) is 0 Å². The van der Waals surface area contributed by atoms with Crippen molar-refractivity contribution in [3.05, 3.63) is 101 Å². The highest BCUT2D eigenvalue weighted by atomic mass is 35.5. The summed E-state index contributed by atoms with van der Waals surface area (Å²) < 4.78 is 5.95. The third-order valence-electron chi connectivity index (χ3n) is 5.77. The molecule has 0 atom stereocenters. The maximum atomic E-state index is 13.2. The number of nitrogens with one attached hydrogen (secondary N) is 4. The quantitative estimate of drug-likeness (QED) is 0.151. The largest absolute Gasteiger partial charge is 0.453 e. The molecule has 0 spiro atoms. The molecule has 1 heterocycles. The maximum Gasteiger partial charge on any atom is 0.413 e. The number of nitrogens with zero attached hydrogens (tertiary/aromatic N) is 2. The van der Waals surface area contributed by atoms with Crippen LogP contribution in [0.3, 0.4) is 0 Å². The second-order valence-electron chi connectivity index (χ2n) is 8.69. The Labute approximate surface area is 254 Å². The molecule has 10 nitrogen and oxygen atoms in total. The van der Waals surface area contributed by atoms with Crippen molar-refractivity contribution in [2.24, 2.45) is 0 Å². The predicted octanol–water partition coefficient (Wildman–Crippen LogP) is 8.40. The van der Waals surface area contributed by atoms with E-state index in [2.05, 4.69) is 26.3 Å². The van der Waals surface area contributed by atoms with Crippen LogP contribution in [-0.2, 0) is 4.74 Å². The minimum Gasteiger partial charge on any atom is -0.453 e. The van der Waals surface area contributed by atoms with Gasteiger partial charge in [0.05, 0.1) is 18.1 Å². The summed E-state index contributed by atoms with van der Waals surface area (Å²) >= 11 is 13.3. The minimum atomic E-state index is -0.768. The highest BCUT2D eigenvalue weighted by molar-refractivity contribution is 7.99. The summed E-state index contributed by atoms with van der Waals surface area (Å²) in [6.45, 7) is 0. The zero-order valence-electron chi connectivity index (χ0n) is 21.9. The molecular weight excluding hydrogens is 599 g/mol. The fourth-order valence-corrected chi connectivity index (χ4v) is 4.94. The van der Waals surface area contributed by atoms with Crippen LogP contribution in [0, 0.1) is 0 Å². The van der Waals surface area contributed by atoms with Gasteiger partial charge >= 0.3 is 18.2 Å². The van der Waals surface area contributed by atoms with Crippen LogP contribution in [0.5, 0.6) is 0 Å². The third kappa shape index (κ3) is 7.13. The van der Waals surface area contributed by atoms with Crippen molar-refractivity contribution >= 4 is 87.2 Å². The summed E-state index contributed by atoms with van der Waals surface area (Å²) in [5.41, 5.74) is 2.71. The highest BCUT2D eigenvalue weighted by Gasteiger charge is 2.20. The van der Waals surface area contributed by atoms with Crippen molar-refractivity contribution in [2.45, 2.75) is 9.79 Å². The van der Waals surface area contributed by atoms with E-state index >= 15 is 0 Å². The monoisotopic (exact) mass is 620 g/mol. The second-order valence-corrected chi connectivity index (χ2v) is 10.7. The molecule has 4 aromatic carbocycles. The molecule has 0 bridgehead atoms. The first-order chi connectivity index (χ1) is 20.3. The van der Waals surface area contributed by atoms with Gasteiger partial charge in [-0.05, 0) is 91.0 Å². The predicted molar refractivity (Wildman–Crippen MR) is 166 cm³/mol. The fourth-order valence-electron chi connectivity index (χ4n) is 3.84. The number of anilines is 4. The van der Waals surface area contributed by atoms with Crippen molar-refractivity contribution < 1.29 is 19.1 Å². The van der Waals surface area contributed by atoms with Crippen LogP contribution in [0.2, 0.25) is 10.0 Å². The molecule has 4 N–H and O–H groups in total. The molecule has 13 heteroatoms. The van der Waals surface area contributed by atoms with E-state index in [-0.39, 0.29) is 12.0 Å². The van der Waals surface area contributed by atoms with Crippen LogP contribution in [0.1, 0.15) is 0 Å². The number of imidazole rings is 1. The van der Waals surface area contributed by atoms with Crippen molar-refractivity contribution in [2.75, 3.05) is 28.4 Å². The van der Waals surface area contributed by atoms with E-state index in [1.165, 1.54) is 23.4 Å². The number of benzene rings is 4. The summed E-state index contributed by atoms with van der Waals surface area (Å²) in [4.78, 5) is 43.7. The Morgan fingerprint density at radius 3 is 1.81 bits per heavy atom. The summed E-state index contributed by atoms with van der Waals surface area (Å²) in [5.74, 6) is -0.00207. The first kappa shape index (κ1) is 28.8. The summed E-state index contributed by atoms with van der Waals surface area (Å²) in [6, 6.07) is 25.2. The number of hydrogen-bond acceptors (Lipinski definition) is 6. The topological polar surface area (TPSA) is 126 Å². The Hall–Kier alpha value is -4.71. The maximum absolute atomic E-state index is 13.2. The number of fused-ring (bicyclic) bond motifs is 1. The third-order valence-corrected chi connectivity index (χ3v) is 7.28. The van der Waals surface area contributed by atoms with Crippen molar-refractivity contribution in [3.8, 4) is 0 Å². The Kier molecular flexibility index (Phi) is 8.82. The Morgan fingerprint density at radius 1 is 0.714 bits per heavy atom. The highest BCUT2D eigenvalue weighted by Crippen LogP contribution is 2.32. The molecule has 212 valence electrons. The van der Waals surface area contributed by atoms with Gasteiger partial charge in [-0.2, -0.15) is 0 Å². The van der Waals surface area contributed by atoms with Crippen LogP contribution >= 0.6 is 35.0 Å². The number of ether oxygens (including phenoxy) is 1. The SMILES string of the molecule is COC(=O)Nc1nc2cc(Sc3ccc(NC(=O)Nc4ccc(Cl)cc4)cc3)ccc2n1C(=O)Nc1ccc(Cl)cc1. The number of carbonyl (C=O) groups is 3. The van der Waals surface area contributed by atoms with E-state index in [0.717, 1.165) is 9.79 Å². The standard InChI is InChI=1S/C29H22Cl2N6O4S/c1-41-29(40)36-26-35-24-16-23(14-15-25(24)37(26)28(39)34-21-8-4-18(31)5-9-21)42-22-12-10-20(11-13-22)33-27(38)32-19-6-2-17(30)3-7-19/h2-16H,1H3,(H,34,39)(H2,32,33,38)(H,35,36,40). The smallest absolute Gasteiger partial charge is 0.413 e. The lowest BCUT2D eigenvalue weighted by atomic mass is 10.3. The van der Waals surface area contributed by atoms with Gasteiger partial charge in [-0.15, -0.1) is 0 Å². The number of carbonyl (C=O) groups excluding carboxylic acids is 3. The summed E-state index contributed by atoms with van der Waals surface area (Å²) in [7, 11) is 1.22. The number of amides is 4. The molecule has 0 aliphatic carbocycles. The molecule has 0 aliphatic rings. The lowest BCUT2D eigenvalue weighted by Gasteiger charge is -2.10. The van der Waals surface area contributed by atoms with Crippen LogP contribution in [0.15, 0.2) is 101 Å². The van der Waals surface area contributed by atoms with E-state index in [1.54, 1.807) is 72.8 Å². The molecule has 0 radical (unpaired) electrons. The van der Waals surface area contributed by atoms with Gasteiger partial charge in [0.15, 0.2) is 0 Å². The van der Waals surface area contributed by atoms with Crippen molar-refractivity contribution in [1.82, 2.24) is 9.55 Å². The Balaban J connectivity index is 1.31. The molecule has 1 aromatic heterocycles. The van der Waals surface area contributed by atoms with Crippen molar-refractivity contribution in [3.63, 3.8) is 0 Å². The van der Waals surface area contributed by atoms with Crippen LogP contribution in [0.25, 0.3) is 11.0 Å². The van der Waals surface area contributed by atoms with Crippen LogP contribution < -0.4 is 21.3 Å². The number of aromatic nitrogens is 2. The van der Waals surface area contributed by atoms with Gasteiger partial charge in [0.2, 0.25) is 5.95 Å². The summed E-state index contributed by atoms with van der Waals surface area (Å²) in [5, 5.41) is 11.9. The zero-order valence-corrected chi connectivity index (χ0v) is 24.2. The van der Waals surface area contributed by atoms with E-state index in [1.807, 2.05) is 18.2 Å². The normalized spacial score (nSPS) is 10.6. The lowest BCUT2D eigenvalue weighted by Crippen LogP contribution is -2.23. The minimum absolute atomic E-state index is 0.00207. The Bertz CT molecular complexity index is 1760. The van der Waals surface area contributed by atoms with E-state index in [0.29, 0.717) is 38.1 Å². The number of hydrogen-bond donors (Lipinski definition) is 4. The molecule has 5 aromatic rings. The first-order valence-corrected chi connectivity index (χ1v) is 13.9. The first-order valence-electron chi connectivity index (χ1n) is 12.3. The molecular formula is C29H22Cl2N6O4S. The molecule has 0 unspecified atom stereocenters. The lowest BCUT2D eigenvalue weighted by molar-refractivity contribution is 0.186. The van der Waals surface area contributed by atoms with Gasteiger partial charge < -0.3 is 20.7 Å². The van der Waals surface area contributed by atoms with Gasteiger partial charge in [0.1, 0.15) is 0 Å². The second kappa shape index (κ2) is 12.9. The molecule has 0 saturated heterocycles. The number of rotatable bonds is 6. The summed E-state index contributed by atoms with van der Waals surface area (Å²) in [6.07, 6.45) is -0.768. The average molecular weight is 622 g/mol. The molecule has 0 aliphatic heterocycles. The molecule has 0 fully saturated rings. The average Bonchev–Trinajstić information content (AvgIpc) is 3.33. The fraction of sp³-hybridized carbons (Fsp3) is 0.0345. The number of halogens is 2. The number of methoxy groups -OCH3 is 1. The van der Waals surface area contributed by atoms with Crippen LogP contribution in [-0.4, -0.2) is 34.8 Å². The molecule has 5 rings (SSSR count). The Morgan fingerprint density at radius 2 is 1.24 bits per heavy atom. The molecule has 0 saturated carbocycles. The van der Waals surface area contributed by atoms with Gasteiger partial charge in [-0.3, -0.25) is 5.32 Å². The zero-order chi connectivity index (χ0) is 29.6. The van der Waals surface area contributed by atoms with Gasteiger partial charge in [-0.25, -0.2) is 23.9 Å². The van der Waals surface area contributed by atoms with Gasteiger partial charge in [0.25, 0.3) is 0 Å². The van der Waals surface area contributed by atoms with Gasteiger partial charge in [0, 0.05) is 36.9 Å². The van der Waals surface area contributed by atoms with Crippen LogP contribution in [0.4, 0.5) is 37.4 Å². The van der Waals surface area contributed by atoms with E-state index in [4.69, 9.17) is 27.9 Å². The van der Waals surface area contributed by atoms with Gasteiger partial charge in [-0.1, -0.05) is 35.0 Å². The number of urea groups is 1.